The molecule has 8 heteroatoms. The highest BCUT2D eigenvalue weighted by Crippen LogP contribution is 2.29. The monoisotopic (exact) mass is 277 g/mol. The molecule has 0 spiro atoms. The molecule has 0 aliphatic rings. The van der Waals surface area contributed by atoms with Gasteiger partial charge >= 0.3 is 18.3 Å². The molecule has 104 valence electrons. The van der Waals surface area contributed by atoms with Crippen LogP contribution in [0.5, 0.6) is 0 Å². The number of carbonyl (C=O) groups excluding carboxylic acids is 3. The van der Waals surface area contributed by atoms with Gasteiger partial charge in [-0.05, 0) is 19.1 Å². The van der Waals surface area contributed by atoms with Crippen molar-refractivity contribution in [2.75, 3.05) is 7.11 Å². The molecule has 0 radical (unpaired) electrons. The molecule has 0 saturated carbocycles. The van der Waals surface area contributed by atoms with E-state index in [4.69, 9.17) is 9.59 Å². The molecule has 0 saturated heterocycles. The van der Waals surface area contributed by atoms with Crippen molar-refractivity contribution >= 4 is 12.1 Å². The molecule has 0 aromatic carbocycles. The molecule has 0 amide bonds. The Morgan fingerprint density at radius 3 is 2.21 bits per heavy atom. The summed E-state index contributed by atoms with van der Waals surface area (Å²) in [5.74, 6) is -1.21. The summed E-state index contributed by atoms with van der Waals surface area (Å²) >= 11 is 0. The average molecular weight is 277 g/mol. The van der Waals surface area contributed by atoms with Crippen molar-refractivity contribution in [3.05, 3.63) is 29.6 Å². The lowest BCUT2D eigenvalue weighted by Gasteiger charge is -2.10. The fourth-order valence-electron chi connectivity index (χ4n) is 1.13. The lowest BCUT2D eigenvalue weighted by atomic mass is 10.1. The zero-order valence-corrected chi connectivity index (χ0v) is 10.0. The first-order valence-electron chi connectivity index (χ1n) is 4.88. The maximum atomic E-state index is 12.2. The number of ether oxygens (including phenoxy) is 1. The molecule has 1 rings (SSSR count). The molecule has 1 unspecified atom stereocenters. The standard InChI is InChI=1S/C10H10F3NO2.CO2/c1-6(9(15)16-2)8-4-3-7(5-14-8)10(11,12)13;2-1-3/h3-6H,1-2H3;. The van der Waals surface area contributed by atoms with E-state index in [0.29, 0.717) is 6.20 Å². The van der Waals surface area contributed by atoms with E-state index >= 15 is 0 Å². The second-order valence-electron chi connectivity index (χ2n) is 3.30. The Labute approximate surface area is 106 Å². The van der Waals surface area contributed by atoms with E-state index < -0.39 is 23.6 Å². The normalized spacial score (nSPS) is 11.6. The molecular weight excluding hydrogens is 267 g/mol. The van der Waals surface area contributed by atoms with Gasteiger partial charge in [0.15, 0.2) is 0 Å². The van der Waals surface area contributed by atoms with Gasteiger partial charge in [-0.25, -0.2) is 0 Å². The molecule has 0 bridgehead atoms. The first kappa shape index (κ1) is 16.8. The third kappa shape index (κ3) is 5.31. The number of esters is 1. The van der Waals surface area contributed by atoms with Crippen LogP contribution in [0.4, 0.5) is 13.2 Å². The van der Waals surface area contributed by atoms with Crippen molar-refractivity contribution < 1.29 is 32.3 Å². The minimum Gasteiger partial charge on any atom is -0.469 e. The summed E-state index contributed by atoms with van der Waals surface area (Å²) in [6, 6.07) is 2.06. The van der Waals surface area contributed by atoms with Crippen LogP contribution in [-0.2, 0) is 25.3 Å². The molecule has 1 aromatic rings. The summed E-state index contributed by atoms with van der Waals surface area (Å²) < 4.78 is 41.1. The molecular formula is C11H10F3NO4. The molecule has 0 fully saturated rings. The van der Waals surface area contributed by atoms with Crippen molar-refractivity contribution in [2.45, 2.75) is 19.0 Å². The summed E-state index contributed by atoms with van der Waals surface area (Å²) in [4.78, 5) is 31.0. The summed E-state index contributed by atoms with van der Waals surface area (Å²) in [5.41, 5.74) is -0.590. The van der Waals surface area contributed by atoms with Gasteiger partial charge in [-0.2, -0.15) is 22.8 Å². The fraction of sp³-hybridized carbons (Fsp3) is 0.364. The fourth-order valence-corrected chi connectivity index (χ4v) is 1.13. The maximum absolute atomic E-state index is 12.2. The number of alkyl halides is 3. The molecule has 0 aliphatic heterocycles. The number of pyridine rings is 1. The van der Waals surface area contributed by atoms with Gasteiger partial charge in [0.05, 0.1) is 24.3 Å². The molecule has 1 atom stereocenters. The highest BCUT2D eigenvalue weighted by molar-refractivity contribution is 5.76. The Morgan fingerprint density at radius 1 is 1.37 bits per heavy atom. The zero-order chi connectivity index (χ0) is 15.1. The van der Waals surface area contributed by atoms with Crippen molar-refractivity contribution in [2.24, 2.45) is 0 Å². The predicted octanol–water partition coefficient (Wildman–Crippen LogP) is 1.79. The smallest absolute Gasteiger partial charge is 0.417 e. The number of hydrogen-bond donors (Lipinski definition) is 0. The number of methoxy groups -OCH3 is 1. The van der Waals surface area contributed by atoms with Crippen LogP contribution < -0.4 is 0 Å². The van der Waals surface area contributed by atoms with Crippen LogP contribution in [0.25, 0.3) is 0 Å². The number of aromatic nitrogens is 1. The van der Waals surface area contributed by atoms with E-state index in [2.05, 4.69) is 9.72 Å². The van der Waals surface area contributed by atoms with Gasteiger partial charge in [-0.3, -0.25) is 9.78 Å². The highest BCUT2D eigenvalue weighted by Gasteiger charge is 2.31. The predicted molar refractivity (Wildman–Crippen MR) is 54.7 cm³/mol. The number of hydrogen-bond acceptors (Lipinski definition) is 5. The van der Waals surface area contributed by atoms with Gasteiger partial charge < -0.3 is 4.74 Å². The van der Waals surface area contributed by atoms with E-state index in [9.17, 15) is 18.0 Å². The molecule has 1 aromatic heterocycles. The molecule has 19 heavy (non-hydrogen) atoms. The number of carbonyl (C=O) groups is 1. The largest absolute Gasteiger partial charge is 0.469 e. The van der Waals surface area contributed by atoms with E-state index in [1.807, 2.05) is 0 Å². The quantitative estimate of drug-likeness (QED) is 0.770. The topological polar surface area (TPSA) is 73.3 Å². The number of halogens is 3. The van der Waals surface area contributed by atoms with Gasteiger partial charge in [-0.1, -0.05) is 0 Å². The molecule has 1 heterocycles. The van der Waals surface area contributed by atoms with Crippen molar-refractivity contribution in [3.8, 4) is 0 Å². The first-order valence-corrected chi connectivity index (χ1v) is 4.88. The van der Waals surface area contributed by atoms with E-state index in [0.717, 1.165) is 6.07 Å². The van der Waals surface area contributed by atoms with E-state index in [1.54, 1.807) is 0 Å². The number of rotatable bonds is 2. The third-order valence-corrected chi connectivity index (χ3v) is 2.11. The van der Waals surface area contributed by atoms with Crippen molar-refractivity contribution in [1.82, 2.24) is 4.98 Å². The van der Waals surface area contributed by atoms with Crippen LogP contribution in [0.1, 0.15) is 24.1 Å². The van der Waals surface area contributed by atoms with Crippen LogP contribution in [-0.4, -0.2) is 24.2 Å². The average Bonchev–Trinajstić information content (AvgIpc) is 2.37. The Bertz CT molecular complexity index is 450. The minimum atomic E-state index is -4.42. The SMILES string of the molecule is COC(=O)C(C)c1ccc(C(F)(F)F)cn1.O=C=O. The van der Waals surface area contributed by atoms with Crippen LogP contribution in [0, 0.1) is 0 Å². The second-order valence-corrected chi connectivity index (χ2v) is 3.30. The highest BCUT2D eigenvalue weighted by atomic mass is 19.4. The Hall–Kier alpha value is -2.21. The lowest BCUT2D eigenvalue weighted by molar-refractivity contribution is -0.191. The van der Waals surface area contributed by atoms with Crippen LogP contribution in [0.3, 0.4) is 0 Å². The summed E-state index contributed by atoms with van der Waals surface area (Å²) in [6.45, 7) is 1.52. The first-order chi connectivity index (χ1) is 8.77. The van der Waals surface area contributed by atoms with Gasteiger partial charge in [0, 0.05) is 6.20 Å². The van der Waals surface area contributed by atoms with Crippen LogP contribution in [0.15, 0.2) is 18.3 Å². The second kappa shape index (κ2) is 7.27. The summed E-state index contributed by atoms with van der Waals surface area (Å²) in [6.07, 6.45) is -3.46. The zero-order valence-electron chi connectivity index (χ0n) is 10.0. The van der Waals surface area contributed by atoms with Crippen molar-refractivity contribution in [1.29, 1.82) is 0 Å². The Kier molecular flexibility index (Phi) is 6.43. The van der Waals surface area contributed by atoms with E-state index in [-0.39, 0.29) is 11.8 Å². The Morgan fingerprint density at radius 2 is 1.89 bits per heavy atom. The third-order valence-electron chi connectivity index (χ3n) is 2.11. The lowest BCUT2D eigenvalue weighted by Crippen LogP contribution is -2.13. The molecule has 0 N–H and O–H groups in total. The maximum Gasteiger partial charge on any atom is 0.417 e. The van der Waals surface area contributed by atoms with Gasteiger partial charge in [-0.15, -0.1) is 0 Å². The van der Waals surface area contributed by atoms with Gasteiger partial charge in [0.1, 0.15) is 0 Å². The molecule has 5 nitrogen and oxygen atoms in total. The van der Waals surface area contributed by atoms with E-state index in [1.165, 1.54) is 20.1 Å². The Balaban J connectivity index is 0.000000982. The van der Waals surface area contributed by atoms with Crippen LogP contribution in [0.2, 0.25) is 0 Å². The summed E-state index contributed by atoms with van der Waals surface area (Å²) in [5, 5.41) is 0. The van der Waals surface area contributed by atoms with Crippen molar-refractivity contribution in [3.63, 3.8) is 0 Å². The number of nitrogens with zero attached hydrogens (tertiary/aromatic N) is 1. The van der Waals surface area contributed by atoms with Gasteiger partial charge in [0.25, 0.3) is 0 Å². The molecule has 0 aliphatic carbocycles. The summed E-state index contributed by atoms with van der Waals surface area (Å²) in [7, 11) is 1.21. The van der Waals surface area contributed by atoms with Crippen LogP contribution >= 0.6 is 0 Å². The van der Waals surface area contributed by atoms with Gasteiger partial charge in [0.2, 0.25) is 0 Å². The minimum absolute atomic E-state index is 0.250.